The number of aryl methyl sites for hydroxylation is 2. The molecule has 2 aromatic carbocycles. The monoisotopic (exact) mass is 1120 g/mol. The van der Waals surface area contributed by atoms with Crippen LogP contribution in [0.2, 0.25) is 0 Å². The van der Waals surface area contributed by atoms with E-state index < -0.39 is 68.4 Å². The van der Waals surface area contributed by atoms with E-state index in [2.05, 4.69) is 35.6 Å². The second-order valence-corrected chi connectivity index (χ2v) is 25.0. The minimum absolute atomic E-state index is 0.0710. The predicted octanol–water partition coefficient (Wildman–Crippen LogP) is 6.88. The number of halogens is 2. The van der Waals surface area contributed by atoms with Crippen molar-refractivity contribution in [1.29, 1.82) is 0 Å². The highest BCUT2D eigenvalue weighted by molar-refractivity contribution is 7.89. The number of fused-ring (bicyclic) bond motifs is 2. The molecule has 0 bridgehead atoms. The molecule has 7 heterocycles. The van der Waals surface area contributed by atoms with Gasteiger partial charge in [-0.15, -0.1) is 11.3 Å². The van der Waals surface area contributed by atoms with Crippen LogP contribution in [0.15, 0.2) is 86.9 Å². The van der Waals surface area contributed by atoms with Gasteiger partial charge >= 0.3 is 0 Å². The van der Waals surface area contributed by atoms with E-state index >= 15 is 4.39 Å². The molecule has 79 heavy (non-hydrogen) atoms. The molecule has 7 unspecified atom stereocenters. The van der Waals surface area contributed by atoms with Gasteiger partial charge in [0.1, 0.15) is 35.4 Å². The molecular formula is C57H59F2N9O9S2. The number of amides is 2. The van der Waals surface area contributed by atoms with Crippen LogP contribution in [0, 0.1) is 36.3 Å². The third-order valence-corrected chi connectivity index (χ3v) is 17.9. The maximum Gasteiger partial charge on any atom is 0.274 e. The Labute approximate surface area is 457 Å². The Kier molecular flexibility index (Phi) is 14.1. The Morgan fingerprint density at radius 2 is 1.86 bits per heavy atom. The zero-order valence-electron chi connectivity index (χ0n) is 44.3. The topological polar surface area (TPSA) is 244 Å². The number of aromatic amines is 1. The highest BCUT2D eigenvalue weighted by Gasteiger charge is 2.50. The summed E-state index contributed by atoms with van der Waals surface area (Å²) in [5.41, 5.74) is 5.60. The minimum atomic E-state index is -3.71. The summed E-state index contributed by atoms with van der Waals surface area (Å²) in [6.45, 7) is 9.18. The van der Waals surface area contributed by atoms with Crippen molar-refractivity contribution in [3.05, 3.63) is 140 Å². The summed E-state index contributed by atoms with van der Waals surface area (Å²) in [4.78, 5) is 75.7. The van der Waals surface area contributed by atoms with E-state index in [0.717, 1.165) is 34.7 Å². The van der Waals surface area contributed by atoms with Crippen LogP contribution < -0.4 is 20.9 Å². The standard InChI is InChI=1S/C57H59F2N9O9S2/c1-28(2)47(51(70)41-18-36(69)19-42(41)53-64-56(73)57(4,65-53)33-9-7-30(8-10-33)52-29(3)62-27-78-52)45-21-46(66-77-45)76-14-13-68-12-11-35(24-68)63-54(71)37-20-39-38(16-32(37)26-79(6,74)75)43-25-67(5)55(72)50-48(43)31(22-60-50)15-40(39)49-44(59)17-34(58)23-61-49/h7-10,16-17,20-23,25,27-28,35-36,40-42,47,60,69H,11-15,18-19,24,26H2,1-6H3,(H,63,71)(H,64,65,73). The number of benzene rings is 2. The van der Waals surface area contributed by atoms with Gasteiger partial charge in [-0.1, -0.05) is 38.1 Å². The fraction of sp³-hybridized carbons (Fsp3) is 0.404. The van der Waals surface area contributed by atoms with Crippen molar-refractivity contribution in [2.75, 3.05) is 32.5 Å². The van der Waals surface area contributed by atoms with Crippen LogP contribution in [0.25, 0.3) is 32.5 Å². The van der Waals surface area contributed by atoms with Crippen molar-refractivity contribution in [2.45, 2.75) is 88.7 Å². The van der Waals surface area contributed by atoms with E-state index in [1.807, 2.05) is 45.0 Å². The third-order valence-electron chi connectivity index (χ3n) is 16.1. The van der Waals surface area contributed by atoms with Crippen LogP contribution in [0.4, 0.5) is 8.78 Å². The zero-order chi connectivity index (χ0) is 55.8. The Morgan fingerprint density at radius 3 is 2.58 bits per heavy atom. The van der Waals surface area contributed by atoms with E-state index in [1.165, 1.54) is 4.57 Å². The lowest BCUT2D eigenvalue weighted by Gasteiger charge is -2.24. The number of thiazole rings is 1. The van der Waals surface area contributed by atoms with Gasteiger partial charge in [-0.25, -0.2) is 22.2 Å². The number of amidine groups is 1. The maximum atomic E-state index is 15.7. The molecule has 4 N–H and O–H groups in total. The number of likely N-dealkylation sites (tertiary alicyclic amines) is 1. The number of carbonyl (C=O) groups excluding carboxylic acids is 3. The summed E-state index contributed by atoms with van der Waals surface area (Å²) < 4.78 is 69.2. The molecule has 2 aliphatic heterocycles. The first-order chi connectivity index (χ1) is 37.6. The first-order valence-electron chi connectivity index (χ1n) is 26.3. The van der Waals surface area contributed by atoms with Gasteiger partial charge < -0.3 is 34.6 Å². The molecule has 18 nitrogen and oxygen atoms in total. The molecule has 2 aliphatic carbocycles. The number of ether oxygens (including phenoxy) is 1. The van der Waals surface area contributed by atoms with E-state index in [4.69, 9.17) is 14.3 Å². The Balaban J connectivity index is 0.760. The van der Waals surface area contributed by atoms with Gasteiger partial charge in [0, 0.05) is 97.8 Å². The number of carbonyl (C=O) groups is 3. The van der Waals surface area contributed by atoms with Gasteiger partial charge in [-0.2, -0.15) is 0 Å². The Hall–Kier alpha value is -7.27. The SMILES string of the molecule is Cc1ncsc1-c1ccc(C2(C)N=C(C3CC(O)CC3C(=O)C(c3cc(OCCN4CCC(NC(=O)c5cc6c(cc5CS(C)(=O)=O)-c5cn(C)c(=O)c7[nH]cc(c57)CC6c5ncc(F)cc5F)C4)no3)C(C)C)NC2=O)cc1. The lowest BCUT2D eigenvalue weighted by Crippen LogP contribution is -2.39. The molecule has 412 valence electrons. The number of aliphatic hydroxyl groups excluding tert-OH is 1. The van der Waals surface area contributed by atoms with E-state index in [1.54, 1.807) is 61.4 Å². The minimum Gasteiger partial charge on any atom is -0.474 e. The van der Waals surface area contributed by atoms with Gasteiger partial charge in [0.15, 0.2) is 21.1 Å². The summed E-state index contributed by atoms with van der Waals surface area (Å²) in [5.74, 6) is -5.39. The highest BCUT2D eigenvalue weighted by Crippen LogP contribution is 2.46. The number of nitrogens with one attached hydrogen (secondary N) is 3. The van der Waals surface area contributed by atoms with Crippen LogP contribution in [0.5, 0.6) is 5.88 Å². The number of aliphatic imine (C=N–C) groups is 1. The number of hydrogen-bond donors (Lipinski definition) is 4. The Morgan fingerprint density at radius 1 is 1.08 bits per heavy atom. The molecule has 22 heteroatoms. The molecule has 1 saturated carbocycles. The predicted molar refractivity (Wildman–Crippen MR) is 292 cm³/mol. The average Bonchev–Trinajstić information content (AvgIpc) is 4.32. The number of aromatic nitrogens is 5. The molecule has 11 rings (SSSR count). The maximum absolute atomic E-state index is 15.7. The first kappa shape index (κ1) is 53.7. The molecular weight excluding hydrogens is 1060 g/mol. The number of sulfone groups is 1. The first-order valence-corrected chi connectivity index (χ1v) is 29.2. The molecule has 0 radical (unpaired) electrons. The zero-order valence-corrected chi connectivity index (χ0v) is 45.9. The van der Waals surface area contributed by atoms with Crippen LogP contribution in [0.1, 0.15) is 102 Å². The highest BCUT2D eigenvalue weighted by atomic mass is 32.2. The molecule has 2 fully saturated rings. The number of pyridine rings is 2. The number of nitrogens with zero attached hydrogens (tertiary/aromatic N) is 6. The lowest BCUT2D eigenvalue weighted by molar-refractivity contribution is -0.126. The van der Waals surface area contributed by atoms with Crippen molar-refractivity contribution in [1.82, 2.24) is 40.2 Å². The van der Waals surface area contributed by atoms with Crippen molar-refractivity contribution < 1.29 is 45.9 Å². The van der Waals surface area contributed by atoms with Gasteiger partial charge in [-0.05, 0) is 96.1 Å². The number of ketones is 1. The van der Waals surface area contributed by atoms with Gasteiger partial charge in [0.25, 0.3) is 23.3 Å². The second kappa shape index (κ2) is 20.8. The number of Topliss-reactive ketones (excluding diaryl/α,β-unsaturated/α-hetero) is 1. The van der Waals surface area contributed by atoms with Crippen molar-refractivity contribution >= 4 is 55.5 Å². The van der Waals surface area contributed by atoms with Gasteiger partial charge in [0.2, 0.25) is 0 Å². The van der Waals surface area contributed by atoms with Crippen molar-refractivity contribution in [3.8, 4) is 27.4 Å². The molecule has 4 aliphatic rings. The largest absolute Gasteiger partial charge is 0.474 e. The van der Waals surface area contributed by atoms with E-state index in [9.17, 15) is 37.1 Å². The van der Waals surface area contributed by atoms with Crippen molar-refractivity contribution in [3.63, 3.8) is 0 Å². The average molecular weight is 1120 g/mol. The lowest BCUT2D eigenvalue weighted by atomic mass is 9.79. The molecule has 0 spiro atoms. The van der Waals surface area contributed by atoms with E-state index in [-0.39, 0.29) is 77.8 Å². The van der Waals surface area contributed by atoms with Crippen LogP contribution in [-0.2, 0) is 44.2 Å². The normalized spacial score (nSPS) is 22.5. The fourth-order valence-corrected chi connectivity index (χ4v) is 13.8. The van der Waals surface area contributed by atoms with Gasteiger partial charge in [0.05, 0.1) is 45.7 Å². The van der Waals surface area contributed by atoms with E-state index in [0.29, 0.717) is 76.4 Å². The second-order valence-electron chi connectivity index (χ2n) is 22.0. The van der Waals surface area contributed by atoms with Crippen LogP contribution >= 0.6 is 11.3 Å². The number of aliphatic hydroxyl groups is 1. The summed E-state index contributed by atoms with van der Waals surface area (Å²) in [5, 5.41) is 21.8. The van der Waals surface area contributed by atoms with Gasteiger partial charge in [-0.3, -0.25) is 34.1 Å². The number of rotatable bonds is 16. The summed E-state index contributed by atoms with van der Waals surface area (Å²) in [6, 6.07) is 12.9. The smallest absolute Gasteiger partial charge is 0.274 e. The quantitative estimate of drug-likeness (QED) is 0.0772. The molecule has 7 aromatic rings. The number of H-pyrrole nitrogens is 1. The number of hydrogen-bond acceptors (Lipinski definition) is 15. The summed E-state index contributed by atoms with van der Waals surface area (Å²) >= 11 is 1.54. The van der Waals surface area contributed by atoms with Crippen molar-refractivity contribution in [2.24, 2.45) is 29.8 Å². The fourth-order valence-electron chi connectivity index (χ4n) is 12.1. The van der Waals surface area contributed by atoms with Crippen LogP contribution in [0.3, 0.4) is 0 Å². The molecule has 7 atom stereocenters. The summed E-state index contributed by atoms with van der Waals surface area (Å²) in [6.07, 6.45) is 5.67. The Bertz CT molecular complexity index is 3800. The molecule has 2 amide bonds. The third kappa shape index (κ3) is 10.2. The molecule has 5 aromatic heterocycles. The summed E-state index contributed by atoms with van der Waals surface area (Å²) in [7, 11) is -2.12. The molecule has 1 saturated heterocycles. The van der Waals surface area contributed by atoms with Crippen LogP contribution in [-0.4, -0.2) is 111 Å².